The number of phenolic OH excluding ortho intramolecular Hbond substituents is 2. The minimum absolute atomic E-state index is 0.0119. The SMILES string of the molecule is O=S(=O)(O)c1cc(O)c2c(O)c(N=Nc3ccc4ccccc4n3)c(S(=O)(=O)O)c(N=Nc3ccccc3)c2c1. The van der Waals surface area contributed by atoms with Gasteiger partial charge in [0, 0.05) is 16.8 Å². The summed E-state index contributed by atoms with van der Waals surface area (Å²) < 4.78 is 68.6. The van der Waals surface area contributed by atoms with Gasteiger partial charge in [-0.1, -0.05) is 36.4 Å². The van der Waals surface area contributed by atoms with Crippen molar-refractivity contribution in [3.63, 3.8) is 0 Å². The number of hydrogen-bond acceptors (Lipinski definition) is 11. The van der Waals surface area contributed by atoms with Crippen LogP contribution in [0, 0.1) is 0 Å². The van der Waals surface area contributed by atoms with Crippen LogP contribution in [0.2, 0.25) is 0 Å². The molecule has 0 aliphatic carbocycles. The van der Waals surface area contributed by atoms with Crippen molar-refractivity contribution in [2.45, 2.75) is 9.79 Å². The fourth-order valence-corrected chi connectivity index (χ4v) is 5.20. The van der Waals surface area contributed by atoms with Gasteiger partial charge in [-0.25, -0.2) is 4.98 Å². The van der Waals surface area contributed by atoms with Crippen LogP contribution in [0.1, 0.15) is 0 Å². The van der Waals surface area contributed by atoms with E-state index in [1.54, 1.807) is 36.4 Å². The third-order valence-electron chi connectivity index (χ3n) is 5.65. The molecule has 15 heteroatoms. The molecule has 0 bridgehead atoms. The van der Waals surface area contributed by atoms with Crippen LogP contribution in [0.15, 0.2) is 109 Å². The minimum atomic E-state index is -5.26. The summed E-state index contributed by atoms with van der Waals surface area (Å²) in [6.45, 7) is 0. The molecule has 0 saturated carbocycles. The molecule has 1 heterocycles. The Balaban J connectivity index is 1.84. The summed E-state index contributed by atoms with van der Waals surface area (Å²) in [7, 11) is -10.2. The van der Waals surface area contributed by atoms with Crippen molar-refractivity contribution in [3.05, 3.63) is 78.9 Å². The standard InChI is InChI=1S/C25H17N5O8S2/c31-19-13-16(39(33,34)35)12-17-21(19)24(32)23(30-28-20-11-10-14-6-4-5-9-18(14)26-20)25(40(36,37)38)22(17)29-27-15-7-2-1-3-8-15/h1-13,31-32H,(H,33,34,35)(H,36,37,38). The Morgan fingerprint density at radius 3 is 2.05 bits per heavy atom. The first-order valence-corrected chi connectivity index (χ1v) is 14.1. The molecular weight excluding hydrogens is 562 g/mol. The summed E-state index contributed by atoms with van der Waals surface area (Å²) >= 11 is 0. The molecule has 5 rings (SSSR count). The smallest absolute Gasteiger partial charge is 0.299 e. The van der Waals surface area contributed by atoms with Crippen LogP contribution in [-0.4, -0.2) is 41.1 Å². The number of azo groups is 2. The van der Waals surface area contributed by atoms with Crippen molar-refractivity contribution in [1.82, 2.24) is 4.98 Å². The van der Waals surface area contributed by atoms with Gasteiger partial charge in [0.15, 0.2) is 22.2 Å². The Kier molecular flexibility index (Phi) is 6.72. The van der Waals surface area contributed by atoms with Crippen LogP contribution in [-0.2, 0) is 20.2 Å². The maximum Gasteiger partial charge on any atom is 0.299 e. The number of phenols is 2. The molecule has 0 aliphatic rings. The van der Waals surface area contributed by atoms with E-state index in [1.807, 2.05) is 12.1 Å². The van der Waals surface area contributed by atoms with E-state index < -0.39 is 63.7 Å². The molecule has 0 amide bonds. The van der Waals surface area contributed by atoms with Gasteiger partial charge in [0.1, 0.15) is 11.4 Å². The fourth-order valence-electron chi connectivity index (χ4n) is 3.90. The maximum atomic E-state index is 12.6. The summed E-state index contributed by atoms with van der Waals surface area (Å²) in [4.78, 5) is 2.36. The van der Waals surface area contributed by atoms with Crippen LogP contribution >= 0.6 is 0 Å². The second-order valence-electron chi connectivity index (χ2n) is 8.29. The molecule has 0 atom stereocenters. The summed E-state index contributed by atoms with van der Waals surface area (Å²) in [6.07, 6.45) is 0. The van der Waals surface area contributed by atoms with Crippen LogP contribution in [0.4, 0.5) is 22.9 Å². The monoisotopic (exact) mass is 579 g/mol. The number of rotatable bonds is 6. The normalized spacial score (nSPS) is 12.7. The molecule has 0 fully saturated rings. The number of pyridine rings is 1. The number of aromatic hydroxyl groups is 2. The molecule has 202 valence electrons. The molecule has 0 radical (unpaired) electrons. The Bertz CT molecular complexity index is 2080. The second-order valence-corrected chi connectivity index (χ2v) is 11.1. The van der Waals surface area contributed by atoms with E-state index in [2.05, 4.69) is 25.4 Å². The molecule has 0 spiro atoms. The van der Waals surface area contributed by atoms with Gasteiger partial charge in [0.2, 0.25) is 0 Å². The van der Waals surface area contributed by atoms with Crippen molar-refractivity contribution < 1.29 is 36.2 Å². The molecule has 5 aromatic rings. The molecule has 40 heavy (non-hydrogen) atoms. The van der Waals surface area contributed by atoms with Crippen molar-refractivity contribution in [2.75, 3.05) is 0 Å². The van der Waals surface area contributed by atoms with Crippen molar-refractivity contribution in [1.29, 1.82) is 0 Å². The predicted molar refractivity (Wildman–Crippen MR) is 143 cm³/mol. The molecule has 0 unspecified atom stereocenters. The molecule has 0 aliphatic heterocycles. The highest BCUT2D eigenvalue weighted by Crippen LogP contribution is 2.51. The third kappa shape index (κ3) is 5.21. The number of fused-ring (bicyclic) bond motifs is 2. The lowest BCUT2D eigenvalue weighted by molar-refractivity contribution is 0.457. The van der Waals surface area contributed by atoms with Gasteiger partial charge in [-0.15, -0.1) is 15.3 Å². The highest BCUT2D eigenvalue weighted by atomic mass is 32.2. The summed E-state index contributed by atoms with van der Waals surface area (Å²) in [6, 6.07) is 19.6. The van der Waals surface area contributed by atoms with Gasteiger partial charge in [-0.05, 0) is 36.4 Å². The van der Waals surface area contributed by atoms with Gasteiger partial charge < -0.3 is 10.2 Å². The topological polar surface area (TPSA) is 212 Å². The Morgan fingerprint density at radius 2 is 1.35 bits per heavy atom. The zero-order valence-electron chi connectivity index (χ0n) is 20.0. The molecular formula is C25H17N5O8S2. The first kappa shape index (κ1) is 26.8. The Hall–Kier alpha value is -4.83. The Labute approximate surface area is 226 Å². The first-order valence-electron chi connectivity index (χ1n) is 11.2. The molecule has 13 nitrogen and oxygen atoms in total. The summed E-state index contributed by atoms with van der Waals surface area (Å²) in [5, 5.41) is 37.0. The van der Waals surface area contributed by atoms with E-state index in [0.29, 0.717) is 11.6 Å². The molecule has 4 N–H and O–H groups in total. The molecule has 4 aromatic carbocycles. The van der Waals surface area contributed by atoms with Crippen molar-refractivity contribution in [2.24, 2.45) is 20.5 Å². The van der Waals surface area contributed by atoms with E-state index in [4.69, 9.17) is 0 Å². The van der Waals surface area contributed by atoms with Crippen LogP contribution < -0.4 is 0 Å². The van der Waals surface area contributed by atoms with E-state index in [1.165, 1.54) is 18.2 Å². The number of para-hydroxylation sites is 1. The summed E-state index contributed by atoms with van der Waals surface area (Å²) in [5.74, 6) is -1.84. The number of benzene rings is 4. The predicted octanol–water partition coefficient (Wildman–Crippen LogP) is 6.12. The first-order chi connectivity index (χ1) is 18.9. The largest absolute Gasteiger partial charge is 0.507 e. The van der Waals surface area contributed by atoms with Gasteiger partial charge in [0.25, 0.3) is 20.2 Å². The highest BCUT2D eigenvalue weighted by Gasteiger charge is 2.31. The van der Waals surface area contributed by atoms with Gasteiger partial charge in [-0.2, -0.15) is 21.9 Å². The second kappa shape index (κ2) is 10.0. The lowest BCUT2D eigenvalue weighted by Crippen LogP contribution is -2.02. The maximum absolute atomic E-state index is 12.6. The average Bonchev–Trinajstić information content (AvgIpc) is 2.90. The third-order valence-corrected chi connectivity index (χ3v) is 7.39. The van der Waals surface area contributed by atoms with E-state index in [9.17, 15) is 36.2 Å². The van der Waals surface area contributed by atoms with E-state index in [0.717, 1.165) is 11.5 Å². The van der Waals surface area contributed by atoms with Crippen LogP contribution in [0.3, 0.4) is 0 Å². The highest BCUT2D eigenvalue weighted by molar-refractivity contribution is 7.86. The zero-order valence-corrected chi connectivity index (χ0v) is 21.6. The van der Waals surface area contributed by atoms with E-state index >= 15 is 0 Å². The average molecular weight is 580 g/mol. The fraction of sp³-hybridized carbons (Fsp3) is 0. The van der Waals surface area contributed by atoms with E-state index in [-0.39, 0.29) is 11.5 Å². The lowest BCUT2D eigenvalue weighted by Gasteiger charge is -2.14. The number of nitrogens with zero attached hydrogens (tertiary/aromatic N) is 5. The number of hydrogen-bond donors (Lipinski definition) is 4. The summed E-state index contributed by atoms with van der Waals surface area (Å²) in [5.41, 5.74) is -0.740. The van der Waals surface area contributed by atoms with Crippen LogP contribution in [0.25, 0.3) is 21.7 Å². The van der Waals surface area contributed by atoms with Gasteiger partial charge in [-0.3, -0.25) is 9.11 Å². The van der Waals surface area contributed by atoms with Crippen molar-refractivity contribution >= 4 is 64.8 Å². The lowest BCUT2D eigenvalue weighted by atomic mass is 10.1. The minimum Gasteiger partial charge on any atom is -0.507 e. The molecule has 1 aromatic heterocycles. The van der Waals surface area contributed by atoms with Gasteiger partial charge >= 0.3 is 0 Å². The van der Waals surface area contributed by atoms with Crippen LogP contribution in [0.5, 0.6) is 11.5 Å². The molecule has 0 saturated heterocycles. The number of aromatic nitrogens is 1. The Morgan fingerprint density at radius 1 is 0.675 bits per heavy atom. The zero-order chi connectivity index (χ0) is 28.7. The van der Waals surface area contributed by atoms with Gasteiger partial charge in [0.05, 0.1) is 21.5 Å². The van der Waals surface area contributed by atoms with Crippen molar-refractivity contribution in [3.8, 4) is 11.5 Å². The quantitative estimate of drug-likeness (QED) is 0.134.